The van der Waals surface area contributed by atoms with Crippen molar-refractivity contribution in [3.05, 3.63) is 0 Å². The van der Waals surface area contributed by atoms with E-state index in [1.807, 2.05) is 20.8 Å². The molecular weight excluding hydrogens is 228 g/mol. The van der Waals surface area contributed by atoms with Crippen LogP contribution in [-0.2, 0) is 9.53 Å². The van der Waals surface area contributed by atoms with E-state index in [0.29, 0.717) is 6.61 Å². The van der Waals surface area contributed by atoms with Gasteiger partial charge in [0.05, 0.1) is 6.61 Å². The van der Waals surface area contributed by atoms with Crippen LogP contribution in [0, 0.1) is 0 Å². The topological polar surface area (TPSA) is 41.6 Å². The van der Waals surface area contributed by atoms with Crippen LogP contribution >= 0.6 is 0 Å². The number of carbonyl (C=O) groups is 1. The molecule has 1 atom stereocenters. The third-order valence-corrected chi connectivity index (χ3v) is 3.18. The van der Waals surface area contributed by atoms with Crippen LogP contribution < -0.4 is 5.32 Å². The van der Waals surface area contributed by atoms with E-state index in [4.69, 9.17) is 4.74 Å². The molecule has 0 saturated carbocycles. The number of nitrogens with one attached hydrogen (secondary N) is 1. The second-order valence-electron chi connectivity index (χ2n) is 4.99. The Morgan fingerprint density at radius 2 is 1.94 bits per heavy atom. The van der Waals surface area contributed by atoms with E-state index >= 15 is 0 Å². The molecule has 108 valence electrons. The molecule has 0 aromatic heterocycles. The lowest BCUT2D eigenvalue weighted by Crippen LogP contribution is -2.52. The standard InChI is InChI=1S/C14H30N2O2/c1-6-9-11-16(5)12-10-14(4,15-7-2)13(17)18-8-3/h15H,6-12H2,1-5H3. The number of hydrogen-bond donors (Lipinski definition) is 1. The molecule has 0 aromatic carbocycles. The lowest BCUT2D eigenvalue weighted by molar-refractivity contribution is -0.150. The van der Waals surface area contributed by atoms with E-state index in [9.17, 15) is 4.79 Å². The first-order chi connectivity index (χ1) is 8.50. The predicted molar refractivity (Wildman–Crippen MR) is 75.7 cm³/mol. The fourth-order valence-electron chi connectivity index (χ4n) is 1.90. The molecule has 0 spiro atoms. The fraction of sp³-hybridized carbons (Fsp3) is 0.929. The average Bonchev–Trinajstić information content (AvgIpc) is 2.34. The normalized spacial score (nSPS) is 14.6. The van der Waals surface area contributed by atoms with Crippen LogP contribution in [0.25, 0.3) is 0 Å². The van der Waals surface area contributed by atoms with Gasteiger partial charge in [-0.3, -0.25) is 4.79 Å². The van der Waals surface area contributed by atoms with Gasteiger partial charge in [0.25, 0.3) is 0 Å². The van der Waals surface area contributed by atoms with Crippen molar-refractivity contribution in [3.8, 4) is 0 Å². The summed E-state index contributed by atoms with van der Waals surface area (Å²) in [5.41, 5.74) is -0.564. The van der Waals surface area contributed by atoms with Gasteiger partial charge in [-0.05, 0) is 46.8 Å². The number of likely N-dealkylation sites (N-methyl/N-ethyl adjacent to an activating group) is 1. The molecule has 0 fully saturated rings. The van der Waals surface area contributed by atoms with Gasteiger partial charge < -0.3 is 15.0 Å². The maximum absolute atomic E-state index is 12.0. The molecule has 0 aliphatic rings. The van der Waals surface area contributed by atoms with E-state index in [2.05, 4.69) is 24.2 Å². The number of hydrogen-bond acceptors (Lipinski definition) is 4. The van der Waals surface area contributed by atoms with Crippen molar-refractivity contribution in [2.24, 2.45) is 0 Å². The Morgan fingerprint density at radius 3 is 2.44 bits per heavy atom. The summed E-state index contributed by atoms with van der Waals surface area (Å²) in [7, 11) is 2.10. The van der Waals surface area contributed by atoms with Gasteiger partial charge in [-0.1, -0.05) is 20.3 Å². The van der Waals surface area contributed by atoms with Gasteiger partial charge in [-0.25, -0.2) is 0 Å². The van der Waals surface area contributed by atoms with E-state index in [-0.39, 0.29) is 5.97 Å². The van der Waals surface area contributed by atoms with Crippen LogP contribution in [0.5, 0.6) is 0 Å². The lowest BCUT2D eigenvalue weighted by atomic mass is 9.97. The van der Waals surface area contributed by atoms with Crippen molar-refractivity contribution >= 4 is 5.97 Å². The molecule has 0 rings (SSSR count). The van der Waals surface area contributed by atoms with E-state index in [1.165, 1.54) is 12.8 Å². The zero-order valence-corrected chi connectivity index (χ0v) is 12.7. The quantitative estimate of drug-likeness (QED) is 0.609. The molecule has 18 heavy (non-hydrogen) atoms. The molecule has 4 heteroatoms. The summed E-state index contributed by atoms with van der Waals surface area (Å²) in [6, 6.07) is 0. The van der Waals surface area contributed by atoms with Crippen LogP contribution in [0.4, 0.5) is 0 Å². The molecule has 0 amide bonds. The number of esters is 1. The number of ether oxygens (including phenoxy) is 1. The van der Waals surface area contributed by atoms with Gasteiger partial charge in [0.1, 0.15) is 5.54 Å². The summed E-state index contributed by atoms with van der Waals surface area (Å²) in [5, 5.41) is 3.25. The van der Waals surface area contributed by atoms with Crippen molar-refractivity contribution in [2.75, 3.05) is 33.3 Å². The Balaban J connectivity index is 4.29. The highest BCUT2D eigenvalue weighted by Crippen LogP contribution is 2.13. The van der Waals surface area contributed by atoms with E-state index in [0.717, 1.165) is 26.1 Å². The van der Waals surface area contributed by atoms with Crippen molar-refractivity contribution < 1.29 is 9.53 Å². The third kappa shape index (κ3) is 6.36. The van der Waals surface area contributed by atoms with Crippen LogP contribution in [0.1, 0.15) is 47.0 Å². The van der Waals surface area contributed by atoms with E-state index in [1.54, 1.807) is 0 Å². The summed E-state index contributed by atoms with van der Waals surface area (Å²) >= 11 is 0. The van der Waals surface area contributed by atoms with Crippen molar-refractivity contribution in [2.45, 2.75) is 52.5 Å². The Hall–Kier alpha value is -0.610. The van der Waals surface area contributed by atoms with Crippen molar-refractivity contribution in [1.29, 1.82) is 0 Å². The first-order valence-corrected chi connectivity index (χ1v) is 7.11. The Labute approximate surface area is 112 Å². The van der Waals surface area contributed by atoms with Crippen LogP contribution in [0.15, 0.2) is 0 Å². The Morgan fingerprint density at radius 1 is 1.28 bits per heavy atom. The van der Waals surface area contributed by atoms with Gasteiger partial charge in [-0.2, -0.15) is 0 Å². The Bertz CT molecular complexity index is 234. The maximum Gasteiger partial charge on any atom is 0.326 e. The maximum atomic E-state index is 12.0. The van der Waals surface area contributed by atoms with Crippen LogP contribution in [0.3, 0.4) is 0 Å². The number of nitrogens with zero attached hydrogens (tertiary/aromatic N) is 1. The molecule has 4 nitrogen and oxygen atoms in total. The molecular formula is C14H30N2O2. The molecule has 0 aromatic rings. The fourth-order valence-corrected chi connectivity index (χ4v) is 1.90. The van der Waals surface area contributed by atoms with Crippen LogP contribution in [-0.4, -0.2) is 49.7 Å². The summed E-state index contributed by atoms with van der Waals surface area (Å²) in [6.45, 7) is 11.2. The SMILES string of the molecule is CCCCN(C)CCC(C)(NCC)C(=O)OCC. The second-order valence-corrected chi connectivity index (χ2v) is 4.99. The number of carbonyl (C=O) groups excluding carboxylic acids is 1. The number of rotatable bonds is 10. The van der Waals surface area contributed by atoms with Gasteiger partial charge in [0, 0.05) is 6.54 Å². The summed E-state index contributed by atoms with van der Waals surface area (Å²) in [4.78, 5) is 14.3. The van der Waals surface area contributed by atoms with Gasteiger partial charge in [0.15, 0.2) is 0 Å². The minimum Gasteiger partial charge on any atom is -0.465 e. The zero-order chi connectivity index (χ0) is 14.0. The minimum absolute atomic E-state index is 0.143. The predicted octanol–water partition coefficient (Wildman–Crippen LogP) is 2.04. The molecule has 1 unspecified atom stereocenters. The van der Waals surface area contributed by atoms with E-state index < -0.39 is 5.54 Å². The van der Waals surface area contributed by atoms with Crippen molar-refractivity contribution in [1.82, 2.24) is 10.2 Å². The molecule has 0 aliphatic heterocycles. The van der Waals surface area contributed by atoms with Crippen molar-refractivity contribution in [3.63, 3.8) is 0 Å². The smallest absolute Gasteiger partial charge is 0.326 e. The molecule has 0 bridgehead atoms. The summed E-state index contributed by atoms with van der Waals surface area (Å²) < 4.78 is 5.15. The largest absolute Gasteiger partial charge is 0.465 e. The zero-order valence-electron chi connectivity index (χ0n) is 12.7. The summed E-state index contributed by atoms with van der Waals surface area (Å²) in [6.07, 6.45) is 3.18. The highest BCUT2D eigenvalue weighted by atomic mass is 16.5. The minimum atomic E-state index is -0.564. The first kappa shape index (κ1) is 17.4. The average molecular weight is 258 g/mol. The highest BCUT2D eigenvalue weighted by molar-refractivity contribution is 5.80. The van der Waals surface area contributed by atoms with Crippen LogP contribution in [0.2, 0.25) is 0 Å². The van der Waals surface area contributed by atoms with Gasteiger partial charge in [-0.15, -0.1) is 0 Å². The van der Waals surface area contributed by atoms with Gasteiger partial charge >= 0.3 is 5.97 Å². The summed E-state index contributed by atoms with van der Waals surface area (Å²) in [5.74, 6) is -0.143. The third-order valence-electron chi connectivity index (χ3n) is 3.18. The first-order valence-electron chi connectivity index (χ1n) is 7.11. The monoisotopic (exact) mass is 258 g/mol. The molecule has 0 heterocycles. The lowest BCUT2D eigenvalue weighted by Gasteiger charge is -2.30. The molecule has 0 saturated heterocycles. The van der Waals surface area contributed by atoms with Gasteiger partial charge in [0.2, 0.25) is 0 Å². The molecule has 0 aliphatic carbocycles. The Kier molecular flexibility index (Phi) is 9.02. The number of unbranched alkanes of at least 4 members (excludes halogenated alkanes) is 1. The molecule has 0 radical (unpaired) electrons. The molecule has 1 N–H and O–H groups in total. The second kappa shape index (κ2) is 9.34. The highest BCUT2D eigenvalue weighted by Gasteiger charge is 2.33.